The first-order chi connectivity index (χ1) is 17.2. The second kappa shape index (κ2) is 7.79. The van der Waals surface area contributed by atoms with E-state index in [-0.39, 0.29) is 23.6 Å². The Bertz CT molecular complexity index is 1470. The van der Waals surface area contributed by atoms with Crippen molar-refractivity contribution in [3.8, 4) is 5.75 Å². The summed E-state index contributed by atoms with van der Waals surface area (Å²) in [6, 6.07) is 18.0. The van der Waals surface area contributed by atoms with Gasteiger partial charge in [0.2, 0.25) is 11.8 Å². The fourth-order valence-corrected chi connectivity index (χ4v) is 5.99. The molecule has 182 valence electrons. The Hall–Kier alpha value is -3.93. The van der Waals surface area contributed by atoms with Crippen molar-refractivity contribution in [3.05, 3.63) is 72.3 Å². The molecule has 3 heterocycles. The molecule has 0 aromatic heterocycles. The summed E-state index contributed by atoms with van der Waals surface area (Å²) in [7, 11) is 1.61. The average Bonchev–Trinajstić information content (AvgIpc) is 3.34. The number of ketones is 1. The number of hydrogen-bond acceptors (Lipinski definition) is 5. The summed E-state index contributed by atoms with van der Waals surface area (Å²) in [4.78, 5) is 45.2. The van der Waals surface area contributed by atoms with Crippen LogP contribution in [0.3, 0.4) is 0 Å². The Morgan fingerprint density at radius 3 is 2.33 bits per heavy atom. The molecular formula is C30H28N2O4. The second-order valence-electron chi connectivity index (χ2n) is 10.8. The van der Waals surface area contributed by atoms with Gasteiger partial charge in [0.15, 0.2) is 5.78 Å². The third-order valence-electron chi connectivity index (χ3n) is 7.71. The molecule has 3 aliphatic rings. The van der Waals surface area contributed by atoms with Crippen LogP contribution in [0.2, 0.25) is 0 Å². The first kappa shape index (κ1) is 22.5. The van der Waals surface area contributed by atoms with Crippen LogP contribution in [0, 0.1) is 17.3 Å². The maximum absolute atomic E-state index is 14.0. The second-order valence-corrected chi connectivity index (χ2v) is 10.8. The molecule has 0 N–H and O–H groups in total. The van der Waals surface area contributed by atoms with E-state index in [0.717, 1.165) is 22.0 Å². The number of ether oxygens (including phenoxy) is 1. The van der Waals surface area contributed by atoms with E-state index in [2.05, 4.69) is 0 Å². The summed E-state index contributed by atoms with van der Waals surface area (Å²) in [6.45, 7) is 5.61. The lowest BCUT2D eigenvalue weighted by atomic mass is 9.79. The highest BCUT2D eigenvalue weighted by molar-refractivity contribution is 6.25. The molecule has 0 aliphatic carbocycles. The van der Waals surface area contributed by atoms with Crippen molar-refractivity contribution in [2.24, 2.45) is 17.3 Å². The van der Waals surface area contributed by atoms with Crippen LogP contribution in [0.25, 0.3) is 16.8 Å². The number of hydrogen-bond donors (Lipinski definition) is 0. The lowest BCUT2D eigenvalue weighted by Gasteiger charge is -2.38. The molecule has 36 heavy (non-hydrogen) atoms. The maximum atomic E-state index is 14.0. The molecule has 2 saturated heterocycles. The van der Waals surface area contributed by atoms with E-state index in [1.54, 1.807) is 7.11 Å². The van der Waals surface area contributed by atoms with Crippen molar-refractivity contribution < 1.29 is 19.1 Å². The summed E-state index contributed by atoms with van der Waals surface area (Å²) in [5.41, 5.74) is 1.62. The van der Waals surface area contributed by atoms with Crippen molar-refractivity contribution in [1.82, 2.24) is 0 Å². The highest BCUT2D eigenvalue weighted by atomic mass is 16.5. The van der Waals surface area contributed by atoms with Crippen molar-refractivity contribution >= 4 is 45.8 Å². The maximum Gasteiger partial charge on any atom is 0.240 e. The Labute approximate surface area is 210 Å². The zero-order valence-corrected chi connectivity index (χ0v) is 20.8. The summed E-state index contributed by atoms with van der Waals surface area (Å²) in [5.74, 6) is -1.27. The largest absolute Gasteiger partial charge is 0.497 e. The van der Waals surface area contributed by atoms with Crippen molar-refractivity contribution in [2.75, 3.05) is 16.9 Å². The summed E-state index contributed by atoms with van der Waals surface area (Å²) < 4.78 is 5.39. The van der Waals surface area contributed by atoms with Gasteiger partial charge in [0.25, 0.3) is 0 Å². The number of fused-ring (bicyclic) bond motifs is 6. The lowest BCUT2D eigenvalue weighted by molar-refractivity contribution is -0.132. The fraction of sp³-hybridized carbons (Fsp3) is 0.300. The highest BCUT2D eigenvalue weighted by Gasteiger charge is 2.65. The standard InChI is InChI=1S/C30H28N2O4/c1-30(2,3)27(33)26-25-24(23-13-10-19-16-21(36-4)12-14-22(19)32(23)26)28(34)31(29(25)35)20-11-9-17-7-5-6-8-18(17)15-20/h5-16,23-26H,1-4H3/t23-,24-,25-,26-/m1/s1. The summed E-state index contributed by atoms with van der Waals surface area (Å²) >= 11 is 0. The minimum absolute atomic E-state index is 0.0430. The van der Waals surface area contributed by atoms with E-state index < -0.39 is 23.3 Å². The van der Waals surface area contributed by atoms with E-state index in [1.165, 1.54) is 4.90 Å². The first-order valence-corrected chi connectivity index (χ1v) is 12.3. The van der Waals surface area contributed by atoms with Crippen LogP contribution in [0.4, 0.5) is 11.4 Å². The van der Waals surface area contributed by atoms with Crippen molar-refractivity contribution in [2.45, 2.75) is 32.9 Å². The van der Waals surface area contributed by atoms with Crippen LogP contribution < -0.4 is 14.5 Å². The molecule has 6 heteroatoms. The molecule has 0 unspecified atom stereocenters. The van der Waals surface area contributed by atoms with Gasteiger partial charge in [-0.25, -0.2) is 4.90 Å². The fourth-order valence-electron chi connectivity index (χ4n) is 5.99. The Balaban J connectivity index is 1.48. The molecule has 6 nitrogen and oxygen atoms in total. The van der Waals surface area contributed by atoms with Crippen LogP contribution in [-0.2, 0) is 14.4 Å². The third-order valence-corrected chi connectivity index (χ3v) is 7.71. The molecule has 2 amide bonds. The predicted octanol–water partition coefficient (Wildman–Crippen LogP) is 4.85. The van der Waals surface area contributed by atoms with Gasteiger partial charge in [0.05, 0.1) is 30.7 Å². The molecule has 4 atom stereocenters. The predicted molar refractivity (Wildman–Crippen MR) is 140 cm³/mol. The minimum Gasteiger partial charge on any atom is -0.497 e. The van der Waals surface area contributed by atoms with Gasteiger partial charge in [-0.15, -0.1) is 0 Å². The van der Waals surface area contributed by atoms with E-state index in [4.69, 9.17) is 4.74 Å². The van der Waals surface area contributed by atoms with Crippen LogP contribution in [0.1, 0.15) is 26.3 Å². The number of benzene rings is 3. The van der Waals surface area contributed by atoms with Gasteiger partial charge in [-0.2, -0.15) is 0 Å². The van der Waals surface area contributed by atoms with Gasteiger partial charge in [0, 0.05) is 16.7 Å². The zero-order valence-electron chi connectivity index (χ0n) is 20.8. The topological polar surface area (TPSA) is 66.9 Å². The van der Waals surface area contributed by atoms with Gasteiger partial charge in [-0.3, -0.25) is 14.4 Å². The SMILES string of the molecule is COc1ccc2c(c1)C=C[C@@H]1[C@H]3C(=O)N(c4ccc5ccccc5c4)C(=O)[C@H]3[C@H](C(=O)C(C)(C)C)N21. The molecule has 3 aromatic rings. The van der Waals surface area contributed by atoms with Crippen molar-refractivity contribution in [3.63, 3.8) is 0 Å². The Kier molecular flexibility index (Phi) is 4.87. The van der Waals surface area contributed by atoms with Gasteiger partial charge < -0.3 is 9.64 Å². The number of anilines is 2. The molecule has 3 aromatic carbocycles. The number of rotatable bonds is 3. The lowest BCUT2D eigenvalue weighted by Crippen LogP contribution is -2.51. The van der Waals surface area contributed by atoms with E-state index in [9.17, 15) is 14.4 Å². The van der Waals surface area contributed by atoms with E-state index in [0.29, 0.717) is 11.4 Å². The number of nitrogens with zero attached hydrogens (tertiary/aromatic N) is 2. The van der Waals surface area contributed by atoms with E-state index in [1.807, 2.05) is 98.5 Å². The van der Waals surface area contributed by atoms with Crippen molar-refractivity contribution in [1.29, 1.82) is 0 Å². The quantitative estimate of drug-likeness (QED) is 0.501. The Morgan fingerprint density at radius 2 is 1.61 bits per heavy atom. The smallest absolute Gasteiger partial charge is 0.240 e. The molecule has 0 spiro atoms. The average molecular weight is 481 g/mol. The third kappa shape index (κ3) is 3.13. The van der Waals surface area contributed by atoms with Gasteiger partial charge >= 0.3 is 0 Å². The molecular weight excluding hydrogens is 452 g/mol. The molecule has 0 saturated carbocycles. The number of Topliss-reactive ketones (excluding diaryl/α,β-unsaturated/α-hetero) is 1. The normalized spacial score (nSPS) is 24.7. The van der Waals surface area contributed by atoms with Gasteiger partial charge in [-0.05, 0) is 41.1 Å². The molecule has 6 rings (SSSR count). The van der Waals surface area contributed by atoms with E-state index >= 15 is 0 Å². The van der Waals surface area contributed by atoms with Crippen LogP contribution in [-0.4, -0.2) is 36.8 Å². The minimum atomic E-state index is -0.751. The number of carbonyl (C=O) groups excluding carboxylic acids is 3. The van der Waals surface area contributed by atoms with Gasteiger partial charge in [0.1, 0.15) is 11.8 Å². The number of amides is 2. The Morgan fingerprint density at radius 1 is 0.889 bits per heavy atom. The van der Waals surface area contributed by atoms with Crippen LogP contribution >= 0.6 is 0 Å². The molecule has 0 radical (unpaired) electrons. The van der Waals surface area contributed by atoms with Crippen LogP contribution in [0.5, 0.6) is 5.75 Å². The number of carbonyl (C=O) groups is 3. The summed E-state index contributed by atoms with van der Waals surface area (Å²) in [5, 5.41) is 1.99. The number of methoxy groups -OCH3 is 1. The summed E-state index contributed by atoms with van der Waals surface area (Å²) in [6.07, 6.45) is 3.93. The van der Waals surface area contributed by atoms with Gasteiger partial charge in [-0.1, -0.05) is 63.3 Å². The zero-order chi connectivity index (χ0) is 25.4. The van der Waals surface area contributed by atoms with Crippen LogP contribution in [0.15, 0.2) is 66.7 Å². The molecule has 0 bridgehead atoms. The first-order valence-electron chi connectivity index (χ1n) is 12.3. The monoisotopic (exact) mass is 480 g/mol. The molecule has 3 aliphatic heterocycles. The molecule has 2 fully saturated rings. The highest BCUT2D eigenvalue weighted by Crippen LogP contribution is 2.51. The number of imide groups is 1.